The summed E-state index contributed by atoms with van der Waals surface area (Å²) in [5.41, 5.74) is 4.09. The lowest BCUT2D eigenvalue weighted by molar-refractivity contribution is -0.122. The summed E-state index contributed by atoms with van der Waals surface area (Å²) in [6.45, 7) is 0. The van der Waals surface area contributed by atoms with Gasteiger partial charge in [-0.3, -0.25) is 24.8 Å². The normalized spacial score (nSPS) is 16.6. The smallest absolute Gasteiger partial charge is 0.276 e. The highest BCUT2D eigenvalue weighted by Gasteiger charge is 2.38. The van der Waals surface area contributed by atoms with Crippen LogP contribution in [0.3, 0.4) is 0 Å². The van der Waals surface area contributed by atoms with Crippen molar-refractivity contribution in [3.8, 4) is 17.2 Å². The molecule has 33 heavy (non-hydrogen) atoms. The van der Waals surface area contributed by atoms with Gasteiger partial charge in [-0.25, -0.2) is 0 Å². The van der Waals surface area contributed by atoms with Gasteiger partial charge in [0.15, 0.2) is 5.17 Å². The second-order valence-electron chi connectivity index (χ2n) is 6.98. The molecule has 1 unspecified atom stereocenters. The van der Waals surface area contributed by atoms with Crippen LogP contribution in [0.1, 0.15) is 0 Å². The van der Waals surface area contributed by atoms with Gasteiger partial charge in [-0.15, -0.1) is 0 Å². The van der Waals surface area contributed by atoms with Crippen LogP contribution in [0.15, 0.2) is 60.0 Å². The van der Waals surface area contributed by atoms with Gasteiger partial charge in [0.1, 0.15) is 17.2 Å². The van der Waals surface area contributed by atoms with Gasteiger partial charge in [-0.05, 0) is 12.1 Å². The fraction of sp³-hybridized carbons (Fsp3) is 0.227. The van der Waals surface area contributed by atoms with Gasteiger partial charge in [0.2, 0.25) is 12.1 Å². The van der Waals surface area contributed by atoms with Crippen molar-refractivity contribution in [1.82, 2.24) is 10.3 Å². The molecule has 0 saturated heterocycles. The zero-order valence-electron chi connectivity index (χ0n) is 18.3. The maximum atomic E-state index is 13.0. The Bertz CT molecular complexity index is 1100. The minimum absolute atomic E-state index is 0.102. The van der Waals surface area contributed by atoms with E-state index in [0.717, 1.165) is 0 Å². The number of hydrogen-bond acceptors (Lipinski definition) is 9. The number of benzene rings is 2. The molecule has 0 aromatic heterocycles. The number of amides is 2. The minimum Gasteiger partial charge on any atom is -0.497 e. The molecule has 0 radical (unpaired) electrons. The highest BCUT2D eigenvalue weighted by molar-refractivity contribution is 8.14. The van der Waals surface area contributed by atoms with Gasteiger partial charge < -0.3 is 19.5 Å². The summed E-state index contributed by atoms with van der Waals surface area (Å²) in [5.74, 6) is 1.47. The third kappa shape index (κ3) is 4.82. The SMILES string of the molecule is COc1cc(NC(=O)CSC2=NNC3C(=O)N(c4cccc(OC)c4)C=CN23)cc(OC)c1. The molecule has 4 rings (SSSR count). The quantitative estimate of drug-likeness (QED) is 0.637. The van der Waals surface area contributed by atoms with Crippen LogP contribution in [0, 0.1) is 0 Å². The molecular weight excluding hydrogens is 446 g/mol. The number of nitrogens with one attached hydrogen (secondary N) is 2. The van der Waals surface area contributed by atoms with E-state index in [1.54, 1.807) is 62.9 Å². The largest absolute Gasteiger partial charge is 0.497 e. The molecule has 2 aliphatic rings. The zero-order valence-corrected chi connectivity index (χ0v) is 19.1. The summed E-state index contributed by atoms with van der Waals surface area (Å²) in [6.07, 6.45) is 2.73. The lowest BCUT2D eigenvalue weighted by atomic mass is 10.2. The molecule has 10 nitrogen and oxygen atoms in total. The van der Waals surface area contributed by atoms with Crippen LogP contribution in [0.2, 0.25) is 0 Å². The fourth-order valence-electron chi connectivity index (χ4n) is 3.30. The standard InChI is InChI=1S/C22H23N5O5S/c1-30-16-6-4-5-15(11-16)26-7-8-27-20(21(26)29)24-25-22(27)33-13-19(28)23-14-9-17(31-2)12-18(10-14)32-3/h4-12,20,24H,13H2,1-3H3,(H,23,28). The van der Waals surface area contributed by atoms with Crippen LogP contribution in [0.4, 0.5) is 11.4 Å². The van der Waals surface area contributed by atoms with E-state index in [1.165, 1.54) is 16.7 Å². The predicted molar refractivity (Wildman–Crippen MR) is 126 cm³/mol. The molecule has 11 heteroatoms. The number of anilines is 2. The number of amidine groups is 1. The Balaban J connectivity index is 1.38. The van der Waals surface area contributed by atoms with E-state index < -0.39 is 6.17 Å². The van der Waals surface area contributed by atoms with E-state index in [0.29, 0.717) is 33.8 Å². The van der Waals surface area contributed by atoms with Gasteiger partial charge in [0, 0.05) is 42.4 Å². The van der Waals surface area contributed by atoms with Crippen molar-refractivity contribution >= 4 is 40.1 Å². The third-order valence-corrected chi connectivity index (χ3v) is 5.90. The Morgan fingerprint density at radius 3 is 2.48 bits per heavy atom. The van der Waals surface area contributed by atoms with Crippen molar-refractivity contribution in [2.24, 2.45) is 5.10 Å². The van der Waals surface area contributed by atoms with Crippen molar-refractivity contribution in [3.05, 3.63) is 54.9 Å². The molecule has 2 heterocycles. The van der Waals surface area contributed by atoms with Crippen molar-refractivity contribution < 1.29 is 23.8 Å². The van der Waals surface area contributed by atoms with Gasteiger partial charge in [0.05, 0.1) is 32.8 Å². The molecule has 0 aliphatic carbocycles. The van der Waals surface area contributed by atoms with Gasteiger partial charge in [-0.2, -0.15) is 5.10 Å². The number of fused-ring (bicyclic) bond motifs is 1. The first-order valence-corrected chi connectivity index (χ1v) is 10.9. The number of thioether (sulfide) groups is 1. The number of carbonyl (C=O) groups is 2. The van der Waals surface area contributed by atoms with Crippen LogP contribution in [0.5, 0.6) is 17.2 Å². The molecule has 0 bridgehead atoms. The second-order valence-corrected chi connectivity index (χ2v) is 7.92. The average Bonchev–Trinajstić information content (AvgIpc) is 3.26. The Morgan fingerprint density at radius 1 is 1.06 bits per heavy atom. The topological polar surface area (TPSA) is 105 Å². The molecule has 0 spiro atoms. The van der Waals surface area contributed by atoms with Crippen LogP contribution < -0.4 is 29.9 Å². The van der Waals surface area contributed by atoms with E-state index in [9.17, 15) is 9.59 Å². The van der Waals surface area contributed by atoms with Crippen molar-refractivity contribution in [2.75, 3.05) is 37.3 Å². The predicted octanol–water partition coefficient (Wildman–Crippen LogP) is 2.40. The van der Waals surface area contributed by atoms with Crippen LogP contribution in [0.25, 0.3) is 0 Å². The summed E-state index contributed by atoms with van der Waals surface area (Å²) in [7, 11) is 4.66. The first-order valence-electron chi connectivity index (χ1n) is 9.95. The molecule has 1 atom stereocenters. The number of ether oxygens (including phenoxy) is 3. The van der Waals surface area contributed by atoms with Gasteiger partial charge in [0.25, 0.3) is 5.91 Å². The maximum Gasteiger partial charge on any atom is 0.276 e. The Hall–Kier alpha value is -3.86. The first-order chi connectivity index (χ1) is 16.0. The third-order valence-electron chi connectivity index (χ3n) is 4.93. The van der Waals surface area contributed by atoms with Gasteiger partial charge >= 0.3 is 0 Å². The number of methoxy groups -OCH3 is 3. The molecule has 0 fully saturated rings. The molecule has 2 N–H and O–H groups in total. The number of carbonyl (C=O) groups excluding carboxylic acids is 2. The molecule has 2 aromatic carbocycles. The molecule has 172 valence electrons. The Kier molecular flexibility index (Phi) is 6.59. The lowest BCUT2D eigenvalue weighted by Gasteiger charge is -2.32. The number of rotatable bonds is 7. The highest BCUT2D eigenvalue weighted by atomic mass is 32.2. The molecule has 0 saturated carbocycles. The van der Waals surface area contributed by atoms with Crippen LogP contribution in [-0.2, 0) is 9.59 Å². The summed E-state index contributed by atoms with van der Waals surface area (Å²) >= 11 is 1.22. The number of nitrogens with zero attached hydrogens (tertiary/aromatic N) is 3. The van der Waals surface area contributed by atoms with E-state index in [2.05, 4.69) is 15.8 Å². The van der Waals surface area contributed by atoms with E-state index >= 15 is 0 Å². The van der Waals surface area contributed by atoms with E-state index in [1.807, 2.05) is 18.2 Å². The van der Waals surface area contributed by atoms with Crippen LogP contribution in [-0.4, -0.2) is 55.1 Å². The minimum atomic E-state index is -0.686. The summed E-state index contributed by atoms with van der Waals surface area (Å²) in [6, 6.07) is 12.4. The average molecular weight is 470 g/mol. The van der Waals surface area contributed by atoms with Crippen molar-refractivity contribution in [1.29, 1.82) is 0 Å². The molecular formula is C22H23N5O5S. The Morgan fingerprint density at radius 2 is 1.79 bits per heavy atom. The monoisotopic (exact) mass is 469 g/mol. The molecule has 2 amide bonds. The zero-order chi connectivity index (χ0) is 23.4. The van der Waals surface area contributed by atoms with Crippen molar-refractivity contribution in [2.45, 2.75) is 6.17 Å². The lowest BCUT2D eigenvalue weighted by Crippen LogP contribution is -2.52. The Labute approximate surface area is 195 Å². The van der Waals surface area contributed by atoms with Crippen LogP contribution >= 0.6 is 11.8 Å². The molecule has 2 aromatic rings. The second kappa shape index (κ2) is 9.74. The number of hydrazone groups is 1. The maximum absolute atomic E-state index is 13.0. The van der Waals surface area contributed by atoms with E-state index in [4.69, 9.17) is 14.2 Å². The fourth-order valence-corrected chi connectivity index (χ4v) is 4.07. The summed E-state index contributed by atoms with van der Waals surface area (Å²) in [4.78, 5) is 28.7. The van der Waals surface area contributed by atoms with Crippen molar-refractivity contribution in [3.63, 3.8) is 0 Å². The summed E-state index contributed by atoms with van der Waals surface area (Å²) < 4.78 is 15.7. The molecule has 2 aliphatic heterocycles. The number of hydrogen-bond donors (Lipinski definition) is 2. The summed E-state index contributed by atoms with van der Waals surface area (Å²) in [5, 5.41) is 7.58. The van der Waals surface area contributed by atoms with E-state index in [-0.39, 0.29) is 17.6 Å². The highest BCUT2D eigenvalue weighted by Crippen LogP contribution is 2.29. The van der Waals surface area contributed by atoms with Gasteiger partial charge in [-0.1, -0.05) is 17.8 Å². The first kappa shape index (κ1) is 22.3.